The first-order valence-corrected chi connectivity index (χ1v) is 9.37. The number of methoxy groups -OCH3 is 1. The van der Waals surface area contributed by atoms with Crippen molar-refractivity contribution in [2.75, 3.05) is 33.3 Å². The Kier molecular flexibility index (Phi) is 5.79. The van der Waals surface area contributed by atoms with Gasteiger partial charge in [-0.25, -0.2) is 0 Å². The lowest BCUT2D eigenvalue weighted by Crippen LogP contribution is -2.54. The van der Waals surface area contributed by atoms with Gasteiger partial charge in [-0.05, 0) is 30.2 Å². The third-order valence-corrected chi connectivity index (χ3v) is 5.79. The molecule has 0 radical (unpaired) electrons. The molecule has 1 spiro atoms. The maximum Gasteiger partial charge on any atom is 0.256 e. The fraction of sp³-hybridized carbons (Fsp3) is 0.550. The number of carbonyl (C=O) groups is 3. The summed E-state index contributed by atoms with van der Waals surface area (Å²) in [7, 11) is 1.55. The maximum atomic E-state index is 12.9. The van der Waals surface area contributed by atoms with Gasteiger partial charge in [0, 0.05) is 33.2 Å². The number of nitrogens with two attached hydrogens (primary N) is 1. The maximum absolute atomic E-state index is 12.9. The van der Waals surface area contributed by atoms with E-state index in [4.69, 9.17) is 10.5 Å². The van der Waals surface area contributed by atoms with Gasteiger partial charge in [0.2, 0.25) is 11.8 Å². The van der Waals surface area contributed by atoms with Crippen LogP contribution in [0.15, 0.2) is 30.3 Å². The number of carbonyl (C=O) groups excluding carboxylic acids is 3. The average molecular weight is 373 g/mol. The van der Waals surface area contributed by atoms with Gasteiger partial charge in [0.05, 0.1) is 6.54 Å². The van der Waals surface area contributed by atoms with Crippen LogP contribution in [0, 0.1) is 5.41 Å². The second-order valence-corrected chi connectivity index (χ2v) is 7.57. The fourth-order valence-electron chi connectivity index (χ4n) is 4.22. The van der Waals surface area contributed by atoms with Crippen LogP contribution in [0.1, 0.15) is 37.4 Å². The van der Waals surface area contributed by atoms with Crippen molar-refractivity contribution in [3.63, 3.8) is 0 Å². The van der Waals surface area contributed by atoms with Gasteiger partial charge < -0.3 is 20.3 Å². The molecule has 0 aromatic heterocycles. The lowest BCUT2D eigenvalue weighted by atomic mass is 9.72. The molecule has 2 aliphatic rings. The summed E-state index contributed by atoms with van der Waals surface area (Å²) in [6.07, 6.45) is 2.26. The van der Waals surface area contributed by atoms with Crippen LogP contribution in [0.2, 0.25) is 0 Å². The molecule has 0 aliphatic carbocycles. The molecular formula is C20H27N3O4. The molecule has 3 amide bonds. The number of ether oxygens (including phenoxy) is 1. The number of rotatable bonds is 5. The monoisotopic (exact) mass is 373 g/mol. The molecule has 3 rings (SSSR count). The van der Waals surface area contributed by atoms with Crippen molar-refractivity contribution in [2.45, 2.75) is 31.8 Å². The first kappa shape index (κ1) is 19.4. The van der Waals surface area contributed by atoms with Gasteiger partial charge in [0.15, 0.2) is 6.10 Å². The molecular weight excluding hydrogens is 346 g/mol. The van der Waals surface area contributed by atoms with Gasteiger partial charge in [-0.1, -0.05) is 30.3 Å². The zero-order chi connectivity index (χ0) is 19.4. The Labute approximate surface area is 159 Å². The predicted molar refractivity (Wildman–Crippen MR) is 99.4 cm³/mol. The lowest BCUT2D eigenvalue weighted by Gasteiger charge is -2.47. The molecule has 146 valence electrons. The molecule has 7 nitrogen and oxygen atoms in total. The first-order valence-electron chi connectivity index (χ1n) is 9.37. The van der Waals surface area contributed by atoms with Gasteiger partial charge in [-0.2, -0.15) is 0 Å². The van der Waals surface area contributed by atoms with Crippen LogP contribution in [-0.2, 0) is 19.1 Å². The lowest BCUT2D eigenvalue weighted by molar-refractivity contribution is -0.149. The number of amides is 3. The summed E-state index contributed by atoms with van der Waals surface area (Å²) in [5, 5.41) is 0. The highest BCUT2D eigenvalue weighted by Gasteiger charge is 2.42. The minimum absolute atomic E-state index is 0.0125. The number of benzene rings is 1. The van der Waals surface area contributed by atoms with E-state index in [0.29, 0.717) is 26.1 Å². The summed E-state index contributed by atoms with van der Waals surface area (Å²) >= 11 is 0. The Balaban J connectivity index is 1.63. The van der Waals surface area contributed by atoms with E-state index < -0.39 is 12.0 Å². The third kappa shape index (κ3) is 4.30. The Hall–Kier alpha value is -2.41. The fourth-order valence-corrected chi connectivity index (χ4v) is 4.22. The quantitative estimate of drug-likeness (QED) is 0.836. The van der Waals surface area contributed by atoms with E-state index in [1.54, 1.807) is 12.0 Å². The topological polar surface area (TPSA) is 92.9 Å². The summed E-state index contributed by atoms with van der Waals surface area (Å²) in [4.78, 5) is 39.6. The number of piperidine rings is 2. The number of likely N-dealkylation sites (tertiary alicyclic amines) is 2. The molecule has 0 unspecified atom stereocenters. The van der Waals surface area contributed by atoms with Crippen molar-refractivity contribution in [3.8, 4) is 0 Å². The van der Waals surface area contributed by atoms with Crippen LogP contribution >= 0.6 is 0 Å². The van der Waals surface area contributed by atoms with Crippen LogP contribution < -0.4 is 5.73 Å². The molecule has 1 atom stereocenters. The van der Waals surface area contributed by atoms with E-state index in [1.807, 2.05) is 35.2 Å². The van der Waals surface area contributed by atoms with Gasteiger partial charge in [0.25, 0.3) is 5.91 Å². The van der Waals surface area contributed by atoms with Crippen LogP contribution in [0.25, 0.3) is 0 Å². The second-order valence-electron chi connectivity index (χ2n) is 7.57. The van der Waals surface area contributed by atoms with Crippen molar-refractivity contribution < 1.29 is 19.1 Å². The van der Waals surface area contributed by atoms with E-state index in [2.05, 4.69) is 0 Å². The highest BCUT2D eigenvalue weighted by atomic mass is 16.5. The molecule has 2 N–H and O–H groups in total. The van der Waals surface area contributed by atoms with Crippen molar-refractivity contribution in [1.82, 2.24) is 9.80 Å². The summed E-state index contributed by atoms with van der Waals surface area (Å²) < 4.78 is 5.47. The minimum atomic E-state index is -0.598. The minimum Gasteiger partial charge on any atom is -0.368 e. The summed E-state index contributed by atoms with van der Waals surface area (Å²) in [5.41, 5.74) is 6.09. The zero-order valence-corrected chi connectivity index (χ0v) is 15.7. The SMILES string of the molecule is CO[C@@H](C(=O)N1CCC2(CCC(=O)N(CC(N)=O)C2)CC1)c1ccccc1. The molecule has 1 aromatic rings. The van der Waals surface area contributed by atoms with E-state index in [0.717, 1.165) is 24.8 Å². The predicted octanol–water partition coefficient (Wildman–Crippen LogP) is 1.09. The van der Waals surface area contributed by atoms with E-state index >= 15 is 0 Å². The smallest absolute Gasteiger partial charge is 0.256 e. The van der Waals surface area contributed by atoms with Crippen LogP contribution in [0.5, 0.6) is 0 Å². The second kappa shape index (κ2) is 8.08. The number of hydrogen-bond donors (Lipinski definition) is 1. The highest BCUT2D eigenvalue weighted by Crippen LogP contribution is 2.40. The standard InChI is InChI=1S/C20H27N3O4/c1-27-18(15-5-3-2-4-6-15)19(26)22-11-9-20(10-12-22)8-7-17(25)23(14-20)13-16(21)24/h2-6,18H,7-14H2,1H3,(H2,21,24)/t18-/m1/s1. The average Bonchev–Trinajstić information content (AvgIpc) is 2.66. The number of primary amides is 1. The molecule has 0 bridgehead atoms. The number of nitrogens with zero attached hydrogens (tertiary/aromatic N) is 2. The Morgan fingerprint density at radius 1 is 1.19 bits per heavy atom. The molecule has 0 saturated carbocycles. The molecule has 27 heavy (non-hydrogen) atoms. The zero-order valence-electron chi connectivity index (χ0n) is 15.7. The molecule has 2 heterocycles. The summed E-state index contributed by atoms with van der Waals surface area (Å²) in [5.74, 6) is -0.528. The van der Waals surface area contributed by atoms with Crippen LogP contribution in [0.3, 0.4) is 0 Å². The Morgan fingerprint density at radius 2 is 1.85 bits per heavy atom. The highest BCUT2D eigenvalue weighted by molar-refractivity contribution is 5.84. The third-order valence-electron chi connectivity index (χ3n) is 5.79. The van der Waals surface area contributed by atoms with Crippen molar-refractivity contribution in [1.29, 1.82) is 0 Å². The molecule has 2 saturated heterocycles. The van der Waals surface area contributed by atoms with Crippen molar-refractivity contribution >= 4 is 17.7 Å². The van der Waals surface area contributed by atoms with Crippen molar-refractivity contribution in [2.24, 2.45) is 11.1 Å². The van der Waals surface area contributed by atoms with Gasteiger partial charge in [-0.15, -0.1) is 0 Å². The Morgan fingerprint density at radius 3 is 2.44 bits per heavy atom. The van der Waals surface area contributed by atoms with Gasteiger partial charge in [-0.3, -0.25) is 14.4 Å². The van der Waals surface area contributed by atoms with Gasteiger partial charge in [0.1, 0.15) is 0 Å². The van der Waals surface area contributed by atoms with E-state index in [1.165, 1.54) is 0 Å². The normalized spacial score (nSPS) is 20.6. The molecule has 1 aromatic carbocycles. The number of hydrogen-bond acceptors (Lipinski definition) is 4. The van der Waals surface area contributed by atoms with Crippen molar-refractivity contribution in [3.05, 3.63) is 35.9 Å². The summed E-state index contributed by atoms with van der Waals surface area (Å²) in [6, 6.07) is 9.49. The first-order chi connectivity index (χ1) is 12.9. The molecule has 2 fully saturated rings. The largest absolute Gasteiger partial charge is 0.368 e. The van der Waals surface area contributed by atoms with E-state index in [-0.39, 0.29) is 23.8 Å². The Bertz CT molecular complexity index is 698. The molecule has 7 heteroatoms. The van der Waals surface area contributed by atoms with E-state index in [9.17, 15) is 14.4 Å². The van der Waals surface area contributed by atoms with Crippen LogP contribution in [-0.4, -0.2) is 60.8 Å². The summed E-state index contributed by atoms with van der Waals surface area (Å²) in [6.45, 7) is 1.78. The van der Waals surface area contributed by atoms with Crippen LogP contribution in [0.4, 0.5) is 0 Å². The van der Waals surface area contributed by atoms with Gasteiger partial charge >= 0.3 is 0 Å². The molecule has 2 aliphatic heterocycles.